The van der Waals surface area contributed by atoms with E-state index in [2.05, 4.69) is 6.58 Å². The lowest BCUT2D eigenvalue weighted by Gasteiger charge is -2.06. The second-order valence-corrected chi connectivity index (χ2v) is 9.43. The van der Waals surface area contributed by atoms with Crippen LogP contribution in [0.25, 0.3) is 21.5 Å². The molecule has 0 amide bonds. The maximum Gasteiger partial charge on any atom is 0.297 e. The van der Waals surface area contributed by atoms with E-state index in [0.717, 1.165) is 10.8 Å². The van der Waals surface area contributed by atoms with Crippen molar-refractivity contribution in [3.63, 3.8) is 0 Å². The van der Waals surface area contributed by atoms with Gasteiger partial charge in [-0.25, -0.2) is 0 Å². The predicted molar refractivity (Wildman–Crippen MR) is 128 cm³/mol. The van der Waals surface area contributed by atoms with Crippen molar-refractivity contribution in [1.29, 1.82) is 0 Å². The molecule has 0 fully saturated rings. The normalized spacial score (nSPS) is 11.1. The Hall–Kier alpha value is -3.37. The zero-order valence-corrected chi connectivity index (χ0v) is 19.1. The van der Waals surface area contributed by atoms with Gasteiger partial charge in [0.25, 0.3) is 20.2 Å². The largest absolute Gasteiger partial charge is 0.307 e. The fraction of sp³-hybridized carbons (Fsp3) is 0.0417. The fourth-order valence-corrected chi connectivity index (χ4v) is 4.85. The molecule has 0 aliphatic rings. The van der Waals surface area contributed by atoms with E-state index in [1.165, 1.54) is 12.1 Å². The van der Waals surface area contributed by atoms with Gasteiger partial charge >= 0.3 is 0 Å². The first-order chi connectivity index (χ1) is 15.7. The number of carbonyl (C=O) groups is 1. The number of carbonyl (C=O) groups excluding carboxylic acids is 1. The lowest BCUT2D eigenvalue weighted by molar-refractivity contribution is -0.0980. The molecule has 0 saturated carbocycles. The van der Waals surface area contributed by atoms with Crippen LogP contribution in [-0.2, 0) is 29.2 Å². The molecule has 0 aromatic heterocycles. The second-order valence-electron chi connectivity index (χ2n) is 6.46. The molecule has 0 heterocycles. The van der Waals surface area contributed by atoms with Crippen molar-refractivity contribution in [2.24, 2.45) is 0 Å². The van der Waals surface area contributed by atoms with Crippen LogP contribution in [-0.4, -0.2) is 34.8 Å². The van der Waals surface area contributed by atoms with E-state index in [1.807, 2.05) is 31.1 Å². The van der Waals surface area contributed by atoms with Crippen LogP contribution in [0.5, 0.6) is 0 Å². The van der Waals surface area contributed by atoms with Gasteiger partial charge in [0.1, 0.15) is 16.6 Å². The van der Waals surface area contributed by atoms with Crippen molar-refractivity contribution >= 4 is 48.6 Å². The van der Waals surface area contributed by atoms with Crippen LogP contribution in [0.2, 0.25) is 0 Å². The standard InChI is InChI=1S/C13H12O3S.C10H8O3S.CH2O/c1-2-10-16-17(14,15)13-9-5-7-11-6-3-4-8-12(11)13;11-14(12,13)10-7-3-5-8-4-1-2-6-9(8)10;1-2/h2-9H,1,10H2;1-7H,(H,11,12,13);1H2. The summed E-state index contributed by atoms with van der Waals surface area (Å²) in [5.74, 6) is 0. The monoisotopic (exact) mass is 486 g/mol. The maximum atomic E-state index is 11.9. The highest BCUT2D eigenvalue weighted by molar-refractivity contribution is 7.87. The quantitative estimate of drug-likeness (QED) is 0.248. The Labute approximate surface area is 192 Å². The molecule has 4 aromatic rings. The summed E-state index contributed by atoms with van der Waals surface area (Å²) >= 11 is 0. The molecule has 9 heteroatoms. The van der Waals surface area contributed by atoms with Crippen LogP contribution in [0.3, 0.4) is 0 Å². The van der Waals surface area contributed by atoms with Gasteiger partial charge in [0.15, 0.2) is 0 Å². The first kappa shape index (κ1) is 25.9. The molecule has 4 aromatic carbocycles. The zero-order chi connectivity index (χ0) is 24.5. The number of fused-ring (bicyclic) bond motifs is 2. The second kappa shape index (κ2) is 11.5. The molecule has 4 rings (SSSR count). The topological polar surface area (TPSA) is 115 Å². The molecule has 1 N–H and O–H groups in total. The summed E-state index contributed by atoms with van der Waals surface area (Å²) in [5, 5.41) is 2.87. The van der Waals surface area contributed by atoms with E-state index in [9.17, 15) is 16.8 Å². The average molecular weight is 487 g/mol. The van der Waals surface area contributed by atoms with Gasteiger partial charge in [-0.2, -0.15) is 16.8 Å². The van der Waals surface area contributed by atoms with E-state index in [1.54, 1.807) is 54.6 Å². The summed E-state index contributed by atoms with van der Waals surface area (Å²) in [4.78, 5) is 8.15. The van der Waals surface area contributed by atoms with Gasteiger partial charge in [0.2, 0.25) is 0 Å². The van der Waals surface area contributed by atoms with Gasteiger partial charge < -0.3 is 4.79 Å². The summed E-state index contributed by atoms with van der Waals surface area (Å²) in [7, 11) is -7.85. The van der Waals surface area contributed by atoms with E-state index in [-0.39, 0.29) is 16.4 Å². The van der Waals surface area contributed by atoms with Gasteiger partial charge in [-0.3, -0.25) is 8.74 Å². The Kier molecular flexibility index (Phi) is 9.01. The first-order valence-electron chi connectivity index (χ1n) is 9.46. The summed E-state index contributed by atoms with van der Waals surface area (Å²) in [6.45, 7) is 5.41. The number of hydrogen-bond acceptors (Lipinski definition) is 6. The molecule has 0 spiro atoms. The third-order valence-corrected chi connectivity index (χ3v) is 6.64. The summed E-state index contributed by atoms with van der Waals surface area (Å²) < 4.78 is 59.7. The summed E-state index contributed by atoms with van der Waals surface area (Å²) in [6, 6.07) is 24.2. The van der Waals surface area contributed by atoms with Crippen LogP contribution in [0, 0.1) is 0 Å². The third-order valence-electron chi connectivity index (χ3n) is 4.39. The van der Waals surface area contributed by atoms with Gasteiger partial charge in [0.05, 0.1) is 6.61 Å². The fourth-order valence-electron chi connectivity index (χ4n) is 3.04. The summed E-state index contributed by atoms with van der Waals surface area (Å²) in [5.41, 5.74) is 0. The highest BCUT2D eigenvalue weighted by Crippen LogP contribution is 2.24. The molecular formula is C24H22O7S2. The van der Waals surface area contributed by atoms with E-state index in [0.29, 0.717) is 10.8 Å². The molecule has 0 unspecified atom stereocenters. The molecule has 33 heavy (non-hydrogen) atoms. The van der Waals surface area contributed by atoms with Crippen LogP contribution >= 0.6 is 0 Å². The maximum absolute atomic E-state index is 11.9. The van der Waals surface area contributed by atoms with E-state index < -0.39 is 20.2 Å². The first-order valence-corrected chi connectivity index (χ1v) is 12.3. The minimum absolute atomic E-state index is 0.0223. The molecule has 0 aliphatic heterocycles. The molecular weight excluding hydrogens is 464 g/mol. The predicted octanol–water partition coefficient (Wildman–Crippen LogP) is 4.63. The van der Waals surface area contributed by atoms with Crippen LogP contribution in [0.15, 0.2) is 107 Å². The summed E-state index contributed by atoms with van der Waals surface area (Å²) in [6.07, 6.45) is 1.41. The average Bonchev–Trinajstić information content (AvgIpc) is 2.83. The highest BCUT2D eigenvalue weighted by Gasteiger charge is 2.17. The van der Waals surface area contributed by atoms with Crippen molar-refractivity contribution in [2.75, 3.05) is 6.61 Å². The Morgan fingerprint density at radius 2 is 1.12 bits per heavy atom. The van der Waals surface area contributed by atoms with Gasteiger partial charge in [0, 0.05) is 10.8 Å². The van der Waals surface area contributed by atoms with Crippen LogP contribution in [0.4, 0.5) is 0 Å². The van der Waals surface area contributed by atoms with Crippen LogP contribution in [0.1, 0.15) is 0 Å². The van der Waals surface area contributed by atoms with E-state index >= 15 is 0 Å². The molecule has 172 valence electrons. The Bertz CT molecular complexity index is 1450. The van der Waals surface area contributed by atoms with Crippen LogP contribution < -0.4 is 0 Å². The molecule has 0 bridgehead atoms. The van der Waals surface area contributed by atoms with Gasteiger partial charge in [-0.05, 0) is 22.9 Å². The smallest absolute Gasteiger partial charge is 0.297 e. The lowest BCUT2D eigenvalue weighted by Crippen LogP contribution is -2.06. The van der Waals surface area contributed by atoms with Crippen molar-refractivity contribution in [3.05, 3.63) is 97.6 Å². The molecule has 0 radical (unpaired) electrons. The Morgan fingerprint density at radius 1 is 0.697 bits per heavy atom. The SMILES string of the molecule is C=CCOS(=O)(=O)c1cccc2ccccc12.C=O.O=S(=O)(O)c1cccc2ccccc12. The van der Waals surface area contributed by atoms with Crippen molar-refractivity contribution < 1.29 is 30.4 Å². The Balaban J connectivity index is 0.000000221. The molecule has 0 atom stereocenters. The van der Waals surface area contributed by atoms with Crippen molar-refractivity contribution in [2.45, 2.75) is 9.79 Å². The number of rotatable bonds is 5. The van der Waals surface area contributed by atoms with Crippen molar-refractivity contribution in [1.82, 2.24) is 0 Å². The number of hydrogen-bond donors (Lipinski definition) is 1. The van der Waals surface area contributed by atoms with Crippen molar-refractivity contribution in [3.8, 4) is 0 Å². The Morgan fingerprint density at radius 3 is 1.61 bits per heavy atom. The van der Waals surface area contributed by atoms with Gasteiger partial charge in [-0.1, -0.05) is 78.9 Å². The molecule has 7 nitrogen and oxygen atoms in total. The molecule has 0 aliphatic carbocycles. The third kappa shape index (κ3) is 6.56. The number of benzene rings is 4. The van der Waals surface area contributed by atoms with E-state index in [4.69, 9.17) is 13.5 Å². The zero-order valence-electron chi connectivity index (χ0n) is 17.5. The molecule has 0 saturated heterocycles. The van der Waals surface area contributed by atoms with Gasteiger partial charge in [-0.15, -0.1) is 6.58 Å². The highest BCUT2D eigenvalue weighted by atomic mass is 32.2. The minimum atomic E-state index is -4.13. The lowest BCUT2D eigenvalue weighted by atomic mass is 10.1. The minimum Gasteiger partial charge on any atom is -0.307 e.